The molecule has 0 bridgehead atoms. The second-order valence-electron chi connectivity index (χ2n) is 8.54. The maximum absolute atomic E-state index is 13.4. The average molecular weight is 561 g/mol. The lowest BCUT2D eigenvalue weighted by molar-refractivity contribution is 0.452. The minimum Gasteiger partial charge on any atom is -0.263 e. The van der Waals surface area contributed by atoms with E-state index < -0.39 is 20.0 Å². The third-order valence-electron chi connectivity index (χ3n) is 5.58. The zero-order valence-electron chi connectivity index (χ0n) is 21.7. The number of pyridine rings is 1. The Labute approximate surface area is 231 Å². The smallest absolute Gasteiger partial charge is 0.244 e. The van der Waals surface area contributed by atoms with Gasteiger partial charge >= 0.3 is 0 Å². The topological polar surface area (TPSA) is 111 Å². The molecule has 3 aromatic rings. The number of hydrogen-bond donors (Lipinski definition) is 0. The summed E-state index contributed by atoms with van der Waals surface area (Å²) in [5.41, 5.74) is 2.48. The van der Waals surface area contributed by atoms with Crippen LogP contribution in [-0.4, -0.2) is 56.6 Å². The van der Waals surface area contributed by atoms with Crippen molar-refractivity contribution in [1.29, 1.82) is 5.26 Å². The summed E-state index contributed by atoms with van der Waals surface area (Å²) in [5, 5.41) is 9.01. The van der Waals surface area contributed by atoms with Crippen molar-refractivity contribution in [2.75, 3.05) is 26.2 Å². The van der Waals surface area contributed by atoms with Crippen LogP contribution in [-0.2, 0) is 20.0 Å². The summed E-state index contributed by atoms with van der Waals surface area (Å²) in [4.78, 5) is 4.21. The molecule has 0 saturated heterocycles. The van der Waals surface area contributed by atoms with Crippen LogP contribution in [0, 0.1) is 48.9 Å². The van der Waals surface area contributed by atoms with Crippen molar-refractivity contribution in [3.63, 3.8) is 0 Å². The van der Waals surface area contributed by atoms with Crippen molar-refractivity contribution in [1.82, 2.24) is 13.6 Å². The molecule has 0 aliphatic heterocycles. The van der Waals surface area contributed by atoms with Gasteiger partial charge in [0.25, 0.3) is 0 Å². The molecule has 2 aromatic carbocycles. The van der Waals surface area contributed by atoms with E-state index in [1.54, 1.807) is 48.8 Å². The Morgan fingerprint density at radius 2 is 1.26 bits per heavy atom. The number of nitrogens with zero attached hydrogens (tertiary/aromatic N) is 4. The van der Waals surface area contributed by atoms with Crippen LogP contribution >= 0.6 is 0 Å². The highest BCUT2D eigenvalue weighted by atomic mass is 32.2. The zero-order valence-corrected chi connectivity index (χ0v) is 23.3. The first kappa shape index (κ1) is 29.6. The quantitative estimate of drug-likeness (QED) is 0.371. The maximum Gasteiger partial charge on any atom is 0.244 e. The first-order valence-electron chi connectivity index (χ1n) is 12.0. The van der Waals surface area contributed by atoms with Crippen molar-refractivity contribution >= 4 is 20.0 Å². The van der Waals surface area contributed by atoms with Gasteiger partial charge in [0.05, 0.1) is 35.5 Å². The fraction of sp³-hybridized carbons (Fsp3) is 0.241. The number of hydrogen-bond acceptors (Lipinski definition) is 6. The van der Waals surface area contributed by atoms with E-state index in [2.05, 4.69) is 28.7 Å². The van der Waals surface area contributed by atoms with Crippen LogP contribution in [0.15, 0.2) is 82.8 Å². The Kier molecular flexibility index (Phi) is 10.4. The fourth-order valence-electron chi connectivity index (χ4n) is 3.36. The van der Waals surface area contributed by atoms with Gasteiger partial charge in [0.15, 0.2) is 0 Å². The lowest BCUT2D eigenvalue weighted by atomic mass is 10.2. The lowest BCUT2D eigenvalue weighted by Gasteiger charge is -2.19. The summed E-state index contributed by atoms with van der Waals surface area (Å²) in [7, 11) is -7.82. The van der Waals surface area contributed by atoms with Gasteiger partial charge in [0.2, 0.25) is 20.0 Å². The van der Waals surface area contributed by atoms with E-state index in [0.29, 0.717) is 5.56 Å². The van der Waals surface area contributed by atoms with Gasteiger partial charge in [-0.1, -0.05) is 59.1 Å². The number of nitriles is 1. The van der Waals surface area contributed by atoms with Crippen LogP contribution in [0.4, 0.5) is 0 Å². The van der Waals surface area contributed by atoms with Crippen molar-refractivity contribution in [2.45, 2.75) is 30.1 Å². The van der Waals surface area contributed by atoms with Gasteiger partial charge in [0, 0.05) is 30.9 Å². The van der Waals surface area contributed by atoms with Gasteiger partial charge in [-0.3, -0.25) is 4.98 Å². The second-order valence-corrected chi connectivity index (χ2v) is 12.4. The molecule has 0 atom stereocenters. The fourth-order valence-corrected chi connectivity index (χ4v) is 5.95. The standard InChI is InChI=1S/C29H28N4O4S2/c1-25-10-14-28(15-11-25)38(34,35)32(22-6-9-27-8-5-19-31-24-27)20-3-4-21-33(23-7-18-30)39(36,37)29-16-12-26(2)13-17-29/h5,8,10-17,19,24H,7,20-23H2,1-2H3. The molecule has 0 aliphatic carbocycles. The molecule has 0 spiro atoms. The highest BCUT2D eigenvalue weighted by Gasteiger charge is 2.24. The molecule has 39 heavy (non-hydrogen) atoms. The molecule has 0 aliphatic rings. The Balaban J connectivity index is 1.84. The molecule has 0 saturated carbocycles. The molecule has 0 amide bonds. The van der Waals surface area contributed by atoms with E-state index in [9.17, 15) is 16.8 Å². The number of sulfonamides is 2. The predicted molar refractivity (Wildman–Crippen MR) is 149 cm³/mol. The third-order valence-corrected chi connectivity index (χ3v) is 9.24. The van der Waals surface area contributed by atoms with E-state index >= 15 is 0 Å². The van der Waals surface area contributed by atoms with Crippen molar-refractivity contribution in [3.05, 3.63) is 89.7 Å². The molecule has 1 aromatic heterocycles. The van der Waals surface area contributed by atoms with Crippen LogP contribution in [0.3, 0.4) is 0 Å². The van der Waals surface area contributed by atoms with Crippen molar-refractivity contribution in [3.8, 4) is 29.8 Å². The zero-order chi connectivity index (χ0) is 28.3. The summed E-state index contributed by atoms with van der Waals surface area (Å²) in [6.07, 6.45) is 3.19. The largest absolute Gasteiger partial charge is 0.263 e. The number of aryl methyl sites for hydroxylation is 2. The summed E-state index contributed by atoms with van der Waals surface area (Å²) >= 11 is 0. The number of benzene rings is 2. The van der Waals surface area contributed by atoms with Crippen LogP contribution in [0.25, 0.3) is 0 Å². The van der Waals surface area contributed by atoms with Crippen LogP contribution < -0.4 is 0 Å². The normalized spacial score (nSPS) is 11.3. The van der Waals surface area contributed by atoms with Crippen LogP contribution in [0.2, 0.25) is 0 Å². The molecular weight excluding hydrogens is 532 g/mol. The van der Waals surface area contributed by atoms with E-state index in [-0.39, 0.29) is 42.4 Å². The summed E-state index contributed by atoms with van der Waals surface area (Å²) in [5.74, 6) is 11.3. The van der Waals surface area contributed by atoms with E-state index in [1.807, 2.05) is 19.9 Å². The van der Waals surface area contributed by atoms with Gasteiger partial charge in [-0.15, -0.1) is 0 Å². The lowest BCUT2D eigenvalue weighted by Crippen LogP contribution is -2.33. The van der Waals surface area contributed by atoms with Gasteiger partial charge in [0.1, 0.15) is 0 Å². The monoisotopic (exact) mass is 560 g/mol. The SMILES string of the molecule is Cc1ccc(S(=O)(=O)N(CC#CCN(CCC#N)S(=O)(=O)c2ccc(C)cc2)CC#Cc2cccnc2)cc1. The predicted octanol–water partition coefficient (Wildman–Crippen LogP) is 3.35. The molecule has 3 rings (SSSR count). The highest BCUT2D eigenvalue weighted by Crippen LogP contribution is 2.17. The van der Waals surface area contributed by atoms with Gasteiger partial charge in [-0.25, -0.2) is 16.8 Å². The number of aromatic nitrogens is 1. The first-order valence-corrected chi connectivity index (χ1v) is 14.9. The van der Waals surface area contributed by atoms with Gasteiger partial charge in [-0.2, -0.15) is 13.9 Å². The minimum absolute atomic E-state index is 0.00929. The Morgan fingerprint density at radius 3 is 1.77 bits per heavy atom. The molecule has 200 valence electrons. The van der Waals surface area contributed by atoms with Crippen LogP contribution in [0.1, 0.15) is 23.1 Å². The van der Waals surface area contributed by atoms with E-state index in [0.717, 1.165) is 19.7 Å². The van der Waals surface area contributed by atoms with Crippen molar-refractivity contribution < 1.29 is 16.8 Å². The molecular formula is C29H28N4O4S2. The van der Waals surface area contributed by atoms with Gasteiger partial charge in [-0.05, 0) is 50.2 Å². The summed E-state index contributed by atoms with van der Waals surface area (Å²) < 4.78 is 55.3. The summed E-state index contributed by atoms with van der Waals surface area (Å²) in [6, 6.07) is 18.3. The summed E-state index contributed by atoms with van der Waals surface area (Å²) in [6.45, 7) is 3.16. The first-order chi connectivity index (χ1) is 18.6. The molecule has 0 fully saturated rings. The molecule has 10 heteroatoms. The van der Waals surface area contributed by atoms with Crippen LogP contribution in [0.5, 0.6) is 0 Å². The number of rotatable bonds is 9. The Bertz CT molecular complexity index is 1640. The highest BCUT2D eigenvalue weighted by molar-refractivity contribution is 7.89. The minimum atomic E-state index is -3.92. The Hall–Kier alpha value is -3.98. The molecule has 0 N–H and O–H groups in total. The molecule has 0 unspecified atom stereocenters. The van der Waals surface area contributed by atoms with E-state index in [1.165, 1.54) is 24.3 Å². The molecule has 1 heterocycles. The van der Waals surface area contributed by atoms with Gasteiger partial charge < -0.3 is 0 Å². The molecule has 8 nitrogen and oxygen atoms in total. The Morgan fingerprint density at radius 1 is 0.744 bits per heavy atom. The maximum atomic E-state index is 13.4. The third kappa shape index (κ3) is 8.25. The van der Waals surface area contributed by atoms with E-state index in [4.69, 9.17) is 5.26 Å². The molecule has 0 radical (unpaired) electrons. The second kappa shape index (κ2) is 13.7. The average Bonchev–Trinajstić information content (AvgIpc) is 2.92. The van der Waals surface area contributed by atoms with Crippen molar-refractivity contribution in [2.24, 2.45) is 0 Å².